The Bertz CT molecular complexity index is 885. The molecule has 7 heteroatoms. The van der Waals surface area contributed by atoms with E-state index in [4.69, 9.17) is 9.97 Å². The summed E-state index contributed by atoms with van der Waals surface area (Å²) >= 11 is 3.70. The van der Waals surface area contributed by atoms with Crippen molar-refractivity contribution in [2.45, 2.75) is 29.5 Å². The number of hydrogen-bond acceptors (Lipinski definition) is 6. The minimum atomic E-state index is 0.0862. The molecule has 6 nitrogen and oxygen atoms in total. The highest BCUT2D eigenvalue weighted by Crippen LogP contribution is 2.44. The molecule has 2 fully saturated rings. The molecule has 1 saturated heterocycles. The number of fused-ring (bicyclic) bond motifs is 1. The number of nitrogens with one attached hydrogen (secondary N) is 1. The number of anilines is 1. The summed E-state index contributed by atoms with van der Waals surface area (Å²) in [7, 11) is 0. The predicted molar refractivity (Wildman–Crippen MR) is 107 cm³/mol. The molecule has 0 aromatic carbocycles. The van der Waals surface area contributed by atoms with Crippen LogP contribution in [0.25, 0.3) is 10.9 Å². The Balaban J connectivity index is 1.68. The lowest BCUT2D eigenvalue weighted by atomic mass is 10.0. The lowest BCUT2D eigenvalue weighted by Crippen LogP contribution is -2.44. The highest BCUT2D eigenvalue weighted by molar-refractivity contribution is 9.10. The van der Waals surface area contributed by atoms with E-state index in [9.17, 15) is 0 Å². The van der Waals surface area contributed by atoms with Gasteiger partial charge in [0.05, 0.1) is 22.5 Å². The van der Waals surface area contributed by atoms with Gasteiger partial charge in [-0.25, -0.2) is 9.97 Å². The van der Waals surface area contributed by atoms with Crippen molar-refractivity contribution in [1.82, 2.24) is 20.3 Å². The number of rotatable bonds is 3. The number of halogens is 1. The predicted octanol–water partition coefficient (Wildman–Crippen LogP) is 2.76. The van der Waals surface area contributed by atoms with E-state index in [1.807, 2.05) is 24.8 Å². The van der Waals surface area contributed by atoms with Crippen molar-refractivity contribution in [3.05, 3.63) is 36.1 Å². The Morgan fingerprint density at radius 3 is 2.73 bits per heavy atom. The van der Waals surface area contributed by atoms with E-state index < -0.39 is 0 Å². The molecule has 1 aliphatic carbocycles. The SMILES string of the molecule is BrC1C=NC=CC1c1nc(N2CCNCC2)c2c(C3CC3)cncc2n1. The Morgan fingerprint density at radius 1 is 1.12 bits per heavy atom. The van der Waals surface area contributed by atoms with Crippen LogP contribution in [0.3, 0.4) is 0 Å². The summed E-state index contributed by atoms with van der Waals surface area (Å²) in [4.78, 5) is 21.2. The van der Waals surface area contributed by atoms with Gasteiger partial charge in [0.1, 0.15) is 11.6 Å². The molecule has 1 N–H and O–H groups in total. The topological polar surface area (TPSA) is 66.3 Å². The maximum absolute atomic E-state index is 5.09. The van der Waals surface area contributed by atoms with Crippen LogP contribution in [0.2, 0.25) is 0 Å². The first kappa shape index (κ1) is 16.3. The van der Waals surface area contributed by atoms with Gasteiger partial charge in [-0.05, 0) is 24.3 Å². The van der Waals surface area contributed by atoms with Gasteiger partial charge >= 0.3 is 0 Å². The van der Waals surface area contributed by atoms with Crippen LogP contribution in [-0.4, -0.2) is 52.2 Å². The third-order valence-electron chi connectivity index (χ3n) is 5.32. The Morgan fingerprint density at radius 2 is 1.96 bits per heavy atom. The van der Waals surface area contributed by atoms with Crippen LogP contribution in [0.4, 0.5) is 5.82 Å². The van der Waals surface area contributed by atoms with E-state index >= 15 is 0 Å². The molecule has 3 aliphatic rings. The van der Waals surface area contributed by atoms with Crippen molar-refractivity contribution < 1.29 is 0 Å². The van der Waals surface area contributed by atoms with Crippen LogP contribution in [0.5, 0.6) is 0 Å². The van der Waals surface area contributed by atoms with Crippen molar-refractivity contribution in [3.63, 3.8) is 0 Å². The van der Waals surface area contributed by atoms with Gasteiger partial charge in [0.15, 0.2) is 0 Å². The zero-order valence-corrected chi connectivity index (χ0v) is 16.1. The van der Waals surface area contributed by atoms with E-state index in [0.29, 0.717) is 5.92 Å². The summed E-state index contributed by atoms with van der Waals surface area (Å²) in [6, 6.07) is 0. The summed E-state index contributed by atoms with van der Waals surface area (Å²) in [6.07, 6.45) is 12.2. The molecule has 0 amide bonds. The monoisotopic (exact) mass is 412 g/mol. The molecular weight excluding hydrogens is 392 g/mol. The van der Waals surface area contributed by atoms with Crippen LogP contribution in [-0.2, 0) is 0 Å². The highest BCUT2D eigenvalue weighted by Gasteiger charge is 2.30. The van der Waals surface area contributed by atoms with E-state index in [1.54, 1.807) is 0 Å². The molecule has 2 aromatic rings. The van der Waals surface area contributed by atoms with Gasteiger partial charge in [-0.1, -0.05) is 22.0 Å². The van der Waals surface area contributed by atoms with E-state index in [2.05, 4.69) is 42.2 Å². The third kappa shape index (κ3) is 2.93. The minimum Gasteiger partial charge on any atom is -0.353 e. The Labute approximate surface area is 161 Å². The van der Waals surface area contributed by atoms with Crippen LogP contribution in [0.15, 0.2) is 29.7 Å². The zero-order chi connectivity index (χ0) is 17.5. The van der Waals surface area contributed by atoms with Gasteiger partial charge in [-0.2, -0.15) is 0 Å². The molecule has 0 spiro atoms. The molecule has 26 heavy (non-hydrogen) atoms. The van der Waals surface area contributed by atoms with Gasteiger partial charge in [-0.3, -0.25) is 9.98 Å². The maximum Gasteiger partial charge on any atom is 0.140 e. The number of pyridine rings is 1. The van der Waals surface area contributed by atoms with Gasteiger partial charge < -0.3 is 10.2 Å². The molecule has 4 heterocycles. The number of nitrogens with zero attached hydrogens (tertiary/aromatic N) is 5. The van der Waals surface area contributed by atoms with Crippen LogP contribution in [0, 0.1) is 0 Å². The first-order valence-corrected chi connectivity index (χ1v) is 10.2. The quantitative estimate of drug-likeness (QED) is 0.784. The molecule has 0 radical (unpaired) electrons. The second kappa shape index (κ2) is 6.70. The second-order valence-electron chi connectivity index (χ2n) is 7.15. The average Bonchev–Trinajstić information content (AvgIpc) is 3.53. The number of piperazine rings is 1. The third-order valence-corrected chi connectivity index (χ3v) is 6.12. The molecular formula is C19H21BrN6. The number of alkyl halides is 1. The normalized spacial score (nSPS) is 25.8. The highest BCUT2D eigenvalue weighted by atomic mass is 79.9. The van der Waals surface area contributed by atoms with Crippen molar-refractivity contribution in [2.75, 3.05) is 31.1 Å². The van der Waals surface area contributed by atoms with Crippen molar-refractivity contribution >= 4 is 38.9 Å². The van der Waals surface area contributed by atoms with Crippen molar-refractivity contribution in [1.29, 1.82) is 0 Å². The van der Waals surface area contributed by atoms with Crippen LogP contribution >= 0.6 is 15.9 Å². The van der Waals surface area contributed by atoms with Crippen molar-refractivity contribution in [2.24, 2.45) is 4.99 Å². The summed E-state index contributed by atoms with van der Waals surface area (Å²) in [5.74, 6) is 2.62. The maximum atomic E-state index is 5.09. The van der Waals surface area contributed by atoms with E-state index in [1.165, 1.54) is 23.8 Å². The summed E-state index contributed by atoms with van der Waals surface area (Å²) in [6.45, 7) is 3.92. The Hall–Kier alpha value is -1.86. The van der Waals surface area contributed by atoms with Crippen LogP contribution < -0.4 is 10.2 Å². The number of aliphatic imine (C=N–C) groups is 1. The standard InChI is InChI=1S/C19H21BrN6/c20-15-10-22-4-3-13(15)18-24-16-11-23-9-14(12-1-2-12)17(16)19(25-18)26-7-5-21-6-8-26/h3-4,9-13,15,21H,1-2,5-8H2. The summed E-state index contributed by atoms with van der Waals surface area (Å²) in [5, 5.41) is 4.64. The fourth-order valence-electron chi connectivity index (χ4n) is 3.77. The van der Waals surface area contributed by atoms with Gasteiger partial charge in [0.25, 0.3) is 0 Å². The molecule has 2 aromatic heterocycles. The second-order valence-corrected chi connectivity index (χ2v) is 8.21. The molecule has 2 aliphatic heterocycles. The molecule has 5 rings (SSSR count). The molecule has 134 valence electrons. The van der Waals surface area contributed by atoms with Gasteiger partial charge in [0.2, 0.25) is 0 Å². The first-order chi connectivity index (χ1) is 12.8. The summed E-state index contributed by atoms with van der Waals surface area (Å²) in [5.41, 5.74) is 2.28. The molecule has 0 bridgehead atoms. The number of hydrogen-bond donors (Lipinski definition) is 1. The average molecular weight is 413 g/mol. The van der Waals surface area contributed by atoms with Crippen LogP contribution in [0.1, 0.15) is 36.1 Å². The fourth-order valence-corrected chi connectivity index (χ4v) is 4.32. The number of allylic oxidation sites excluding steroid dienone is 1. The lowest BCUT2D eigenvalue weighted by molar-refractivity contribution is 0.584. The largest absolute Gasteiger partial charge is 0.353 e. The van der Waals surface area contributed by atoms with E-state index in [0.717, 1.165) is 43.3 Å². The molecule has 1 saturated carbocycles. The first-order valence-electron chi connectivity index (χ1n) is 9.26. The van der Waals surface area contributed by atoms with Gasteiger partial charge in [-0.15, -0.1) is 0 Å². The minimum absolute atomic E-state index is 0.0862. The van der Waals surface area contributed by atoms with Crippen molar-refractivity contribution in [3.8, 4) is 0 Å². The zero-order valence-electron chi connectivity index (χ0n) is 14.5. The lowest BCUT2D eigenvalue weighted by Gasteiger charge is -2.30. The van der Waals surface area contributed by atoms with E-state index in [-0.39, 0.29) is 10.7 Å². The smallest absolute Gasteiger partial charge is 0.140 e. The Kier molecular flexibility index (Phi) is 4.21. The fraction of sp³-hybridized carbons (Fsp3) is 0.474. The van der Waals surface area contributed by atoms with Gasteiger partial charge in [0, 0.05) is 50.2 Å². The summed E-state index contributed by atoms with van der Waals surface area (Å²) < 4.78 is 0. The molecule has 2 unspecified atom stereocenters. The number of aromatic nitrogens is 3. The molecule has 2 atom stereocenters.